The quantitative estimate of drug-likeness (QED) is 0.0494. The Labute approximate surface area is 318 Å². The number of benzene rings is 3. The van der Waals surface area contributed by atoms with E-state index >= 15 is 0 Å². The minimum atomic E-state index is -3.80. The van der Waals surface area contributed by atoms with Crippen molar-refractivity contribution >= 4 is 113 Å². The first-order valence-corrected chi connectivity index (χ1v) is 19.7. The van der Waals surface area contributed by atoms with Crippen molar-refractivity contribution in [1.82, 2.24) is 40.3 Å². The number of hydrogen-bond acceptors (Lipinski definition) is 15. The van der Waals surface area contributed by atoms with Crippen molar-refractivity contribution < 1.29 is 25.3 Å². The summed E-state index contributed by atoms with van der Waals surface area (Å²) in [6, 6.07) is 17.3. The number of fused-ring (bicyclic) bond motifs is 2. The van der Waals surface area contributed by atoms with Gasteiger partial charge in [0.2, 0.25) is 41.3 Å². The zero-order chi connectivity index (χ0) is 38.6. The van der Waals surface area contributed by atoms with Gasteiger partial charge in [0, 0.05) is 25.5 Å². The number of halogens is 2. The fourth-order valence-electron chi connectivity index (χ4n) is 4.14. The number of primary sulfonamides is 3. The monoisotopic (exact) mass is 831 g/mol. The van der Waals surface area contributed by atoms with E-state index in [0.29, 0.717) is 50.1 Å². The molecular formula is C28H26BCl2N14O6S3. The number of nitrogens with two attached hydrogens (primary N) is 4. The van der Waals surface area contributed by atoms with Crippen molar-refractivity contribution in [2.45, 2.75) is 14.7 Å². The Bertz CT molecular complexity index is 2740. The molecule has 4 aromatic heterocycles. The van der Waals surface area contributed by atoms with E-state index in [4.69, 9.17) is 44.4 Å². The lowest BCUT2D eigenvalue weighted by Crippen LogP contribution is -2.12. The number of nitrogen functional groups attached to an aromatic ring is 1. The average Bonchev–Trinajstić information content (AvgIpc) is 3.75. The SMILES string of the molecule is Clc1nc(Cl)c2cn[nH]c2n1.NS(=O)(=O)c1ccc(Nc2nc(Nc3ccc(S(N)(=O)=O)cc3)c3cn[nH]c3n2)cc1.Nc1ccc(S(N)(=O)=O)cc1.[B]. The van der Waals surface area contributed by atoms with Crippen LogP contribution in [0.2, 0.25) is 10.4 Å². The van der Waals surface area contributed by atoms with Crippen LogP contribution < -0.4 is 31.8 Å². The van der Waals surface area contributed by atoms with Gasteiger partial charge in [0.1, 0.15) is 11.0 Å². The van der Waals surface area contributed by atoms with E-state index in [9.17, 15) is 25.3 Å². The van der Waals surface area contributed by atoms with Crippen LogP contribution in [0.4, 0.5) is 28.8 Å². The summed E-state index contributed by atoms with van der Waals surface area (Å²) in [6.45, 7) is 0. The summed E-state index contributed by atoms with van der Waals surface area (Å²) >= 11 is 11.2. The Morgan fingerprint density at radius 1 is 0.556 bits per heavy atom. The summed E-state index contributed by atoms with van der Waals surface area (Å²) in [7, 11) is -11.2. The molecule has 0 aliphatic rings. The summed E-state index contributed by atoms with van der Waals surface area (Å²) in [5.41, 5.74) is 7.95. The van der Waals surface area contributed by atoms with Gasteiger partial charge in [-0.05, 0) is 84.4 Å². The fraction of sp³-hybridized carbons (Fsp3) is 0. The van der Waals surface area contributed by atoms with Crippen molar-refractivity contribution in [3.05, 3.63) is 95.6 Å². The van der Waals surface area contributed by atoms with Crippen molar-refractivity contribution in [1.29, 1.82) is 0 Å². The highest BCUT2D eigenvalue weighted by Gasteiger charge is 2.13. The highest BCUT2D eigenvalue weighted by Crippen LogP contribution is 2.26. The molecule has 279 valence electrons. The fourth-order valence-corrected chi connectivity index (χ4v) is 6.12. The lowest BCUT2D eigenvalue weighted by atomic mass is 10.3. The molecule has 0 aliphatic heterocycles. The lowest BCUT2D eigenvalue weighted by Gasteiger charge is -2.10. The van der Waals surface area contributed by atoms with Crippen LogP contribution in [0.5, 0.6) is 0 Å². The number of nitrogens with one attached hydrogen (secondary N) is 4. The second kappa shape index (κ2) is 16.7. The smallest absolute Gasteiger partial charge is 0.238 e. The summed E-state index contributed by atoms with van der Waals surface area (Å²) in [5, 5.41) is 35.9. The molecule has 0 fully saturated rings. The maximum absolute atomic E-state index is 11.4. The second-order valence-electron chi connectivity index (χ2n) is 10.4. The molecule has 7 rings (SSSR count). The third-order valence-corrected chi connectivity index (χ3v) is 9.88. The molecule has 0 amide bonds. The number of nitrogens with zero attached hydrogens (tertiary/aromatic N) is 6. The van der Waals surface area contributed by atoms with E-state index in [1.807, 2.05) is 0 Å². The maximum atomic E-state index is 11.4. The lowest BCUT2D eigenvalue weighted by molar-refractivity contribution is 0.596. The van der Waals surface area contributed by atoms with Gasteiger partial charge in [-0.1, -0.05) is 11.6 Å². The molecule has 0 saturated carbocycles. The summed E-state index contributed by atoms with van der Waals surface area (Å²) in [5.74, 6) is 0.620. The Hall–Kier alpha value is -5.47. The molecule has 3 aromatic carbocycles. The Kier molecular flexibility index (Phi) is 12.8. The first-order valence-electron chi connectivity index (χ1n) is 14.3. The van der Waals surface area contributed by atoms with E-state index in [-0.39, 0.29) is 34.3 Å². The molecule has 7 aromatic rings. The van der Waals surface area contributed by atoms with Gasteiger partial charge in [-0.2, -0.15) is 25.1 Å². The van der Waals surface area contributed by atoms with Gasteiger partial charge < -0.3 is 16.4 Å². The Balaban J connectivity index is 0.000000229. The summed E-state index contributed by atoms with van der Waals surface area (Å²) in [6.07, 6.45) is 3.09. The molecule has 3 radical (unpaired) electrons. The van der Waals surface area contributed by atoms with Crippen LogP contribution in [0.1, 0.15) is 0 Å². The molecular weight excluding hydrogens is 806 g/mol. The van der Waals surface area contributed by atoms with Crippen molar-refractivity contribution in [3.63, 3.8) is 0 Å². The molecule has 20 nitrogen and oxygen atoms in total. The molecule has 0 unspecified atom stereocenters. The van der Waals surface area contributed by atoms with E-state index < -0.39 is 30.1 Å². The largest absolute Gasteiger partial charge is 0.399 e. The molecule has 12 N–H and O–H groups in total. The molecule has 0 aliphatic carbocycles. The first-order chi connectivity index (χ1) is 24.9. The molecule has 0 atom stereocenters. The number of hydrogen-bond donors (Lipinski definition) is 8. The minimum Gasteiger partial charge on any atom is -0.399 e. The van der Waals surface area contributed by atoms with Gasteiger partial charge in [-0.25, -0.2) is 45.7 Å². The van der Waals surface area contributed by atoms with Gasteiger partial charge in [0.15, 0.2) is 11.3 Å². The minimum absolute atomic E-state index is 0. The molecule has 0 bridgehead atoms. The highest BCUT2D eigenvalue weighted by molar-refractivity contribution is 7.89. The van der Waals surface area contributed by atoms with Crippen LogP contribution in [0.15, 0.2) is 99.9 Å². The number of aromatic amines is 2. The summed E-state index contributed by atoms with van der Waals surface area (Å²) < 4.78 is 67.0. The molecule has 54 heavy (non-hydrogen) atoms. The zero-order valence-electron chi connectivity index (χ0n) is 27.1. The zero-order valence-corrected chi connectivity index (χ0v) is 31.0. The number of sulfonamides is 3. The van der Waals surface area contributed by atoms with Crippen LogP contribution in [0.25, 0.3) is 22.1 Å². The topological polar surface area (TPSA) is 339 Å². The van der Waals surface area contributed by atoms with Crippen molar-refractivity contribution in [2.75, 3.05) is 16.4 Å². The second-order valence-corrected chi connectivity index (χ2v) is 15.8. The van der Waals surface area contributed by atoms with Crippen molar-refractivity contribution in [3.8, 4) is 0 Å². The Morgan fingerprint density at radius 3 is 1.46 bits per heavy atom. The van der Waals surface area contributed by atoms with Gasteiger partial charge in [0.25, 0.3) is 0 Å². The van der Waals surface area contributed by atoms with Crippen LogP contribution in [-0.2, 0) is 30.1 Å². The standard InChI is InChI=1S/C17H16N8O4S2.C6H8N2O2S.C5H2Cl2N4.B/c18-30(26,27)12-5-1-10(2-6-12)21-15-14-9-20-25-16(14)24-17(23-15)22-11-3-7-13(8-4-11)31(19,28)29;7-5-1-3-6(4-2-5)11(8,9)10;6-3-2-1-8-11-4(2)10-5(7)9-3;/h1-9H,(H2,18,26,27)(H2,19,28,29)(H3,20,21,22,23,24,25);1-4H,7H2,(H2,8,9,10);1H,(H,8,9,10,11);. The molecule has 0 saturated heterocycles. The predicted octanol–water partition coefficient (Wildman–Crippen LogP) is 2.33. The maximum Gasteiger partial charge on any atom is 0.238 e. The van der Waals surface area contributed by atoms with Crippen LogP contribution in [0, 0.1) is 0 Å². The normalized spacial score (nSPS) is 11.4. The third kappa shape index (κ3) is 10.8. The van der Waals surface area contributed by atoms with Gasteiger partial charge >= 0.3 is 0 Å². The number of H-pyrrole nitrogens is 2. The molecule has 26 heteroatoms. The van der Waals surface area contributed by atoms with Crippen molar-refractivity contribution in [2.24, 2.45) is 15.4 Å². The van der Waals surface area contributed by atoms with Gasteiger partial charge in [-0.15, -0.1) is 0 Å². The number of rotatable bonds is 7. The van der Waals surface area contributed by atoms with Gasteiger partial charge in [0.05, 0.1) is 37.9 Å². The Morgan fingerprint density at radius 2 is 0.981 bits per heavy atom. The highest BCUT2D eigenvalue weighted by atomic mass is 35.5. The first kappa shape index (κ1) is 41.3. The van der Waals surface area contributed by atoms with E-state index in [1.54, 1.807) is 24.5 Å². The van der Waals surface area contributed by atoms with Crippen LogP contribution in [0.3, 0.4) is 0 Å². The van der Waals surface area contributed by atoms with E-state index in [2.05, 4.69) is 51.0 Å². The summed E-state index contributed by atoms with van der Waals surface area (Å²) in [4.78, 5) is 16.4. The number of aromatic nitrogens is 8. The predicted molar refractivity (Wildman–Crippen MR) is 204 cm³/mol. The molecule has 0 spiro atoms. The van der Waals surface area contributed by atoms with Gasteiger partial charge in [-0.3, -0.25) is 10.2 Å². The van der Waals surface area contributed by atoms with E-state index in [0.717, 1.165) is 0 Å². The van der Waals surface area contributed by atoms with E-state index in [1.165, 1.54) is 60.7 Å². The average molecular weight is 833 g/mol. The van der Waals surface area contributed by atoms with Crippen LogP contribution in [-0.4, -0.2) is 74.0 Å². The number of anilines is 5. The third-order valence-electron chi connectivity index (χ3n) is 6.64. The molecule has 4 heterocycles. The van der Waals surface area contributed by atoms with Crippen LogP contribution >= 0.6 is 23.2 Å².